The molecule has 4 heterocycles. The van der Waals surface area contributed by atoms with Crippen molar-refractivity contribution in [1.29, 1.82) is 0 Å². The summed E-state index contributed by atoms with van der Waals surface area (Å²) in [4.78, 5) is 46.2. The number of nitrogens with zero attached hydrogens (tertiary/aromatic N) is 5. The van der Waals surface area contributed by atoms with Gasteiger partial charge in [0.05, 0.1) is 36.3 Å². The lowest BCUT2D eigenvalue weighted by Crippen LogP contribution is -2.60. The van der Waals surface area contributed by atoms with Gasteiger partial charge in [-0.15, -0.1) is 18.3 Å². The molecule has 2 amide bonds. The molecule has 1 aromatic heterocycles. The van der Waals surface area contributed by atoms with Gasteiger partial charge in [-0.25, -0.2) is 4.68 Å². The molecule has 3 aliphatic rings. The number of ether oxygens (including phenoxy) is 2. The predicted molar refractivity (Wildman–Crippen MR) is 159 cm³/mol. The van der Waals surface area contributed by atoms with Gasteiger partial charge in [0.15, 0.2) is 0 Å². The average Bonchev–Trinajstić information content (AvgIpc) is 3.66. The topological polar surface area (TPSA) is 127 Å². The predicted octanol–water partition coefficient (Wildman–Crippen LogP) is 2.94. The summed E-state index contributed by atoms with van der Waals surface area (Å²) in [7, 11) is 0. The molecule has 3 fully saturated rings. The highest BCUT2D eigenvalue weighted by Crippen LogP contribution is 2.66. The van der Waals surface area contributed by atoms with Crippen LogP contribution in [0.3, 0.4) is 0 Å². The van der Waals surface area contributed by atoms with E-state index in [1.165, 1.54) is 4.90 Å². The van der Waals surface area contributed by atoms with E-state index >= 15 is 0 Å². The molecule has 3 aliphatic heterocycles. The molecular weight excluding hydrogens is 550 g/mol. The van der Waals surface area contributed by atoms with Gasteiger partial charge in [0.1, 0.15) is 29.7 Å². The summed E-state index contributed by atoms with van der Waals surface area (Å²) in [6.07, 6.45) is 4.86. The number of rotatable bonds is 13. The van der Waals surface area contributed by atoms with Crippen LogP contribution in [0.15, 0.2) is 49.6 Å². The first kappa shape index (κ1) is 30.9. The number of para-hydroxylation sites is 1. The van der Waals surface area contributed by atoms with Crippen molar-refractivity contribution >= 4 is 28.8 Å². The fraction of sp³-hybridized carbons (Fsp3) is 0.594. The van der Waals surface area contributed by atoms with E-state index in [9.17, 15) is 19.5 Å². The van der Waals surface area contributed by atoms with Gasteiger partial charge in [0, 0.05) is 6.54 Å². The van der Waals surface area contributed by atoms with Gasteiger partial charge in [-0.2, -0.15) is 0 Å². The lowest BCUT2D eigenvalue weighted by Gasteiger charge is -2.41. The number of benzene rings is 1. The Morgan fingerprint density at radius 3 is 2.72 bits per heavy atom. The second-order valence-electron chi connectivity index (χ2n) is 12.4. The van der Waals surface area contributed by atoms with Crippen LogP contribution >= 0.6 is 0 Å². The maximum atomic E-state index is 14.8. The monoisotopic (exact) mass is 593 g/mol. The lowest BCUT2D eigenvalue weighted by molar-refractivity contribution is -0.164. The van der Waals surface area contributed by atoms with Crippen LogP contribution in [0.2, 0.25) is 0 Å². The first-order chi connectivity index (χ1) is 20.6. The Kier molecular flexibility index (Phi) is 8.50. The Balaban J connectivity index is 1.60. The first-order valence-corrected chi connectivity index (χ1v) is 15.2. The Morgan fingerprint density at radius 1 is 1.30 bits per heavy atom. The number of aliphatic hydroxyl groups excluding tert-OH is 1. The molecule has 3 unspecified atom stereocenters. The number of amides is 2. The third kappa shape index (κ3) is 4.77. The van der Waals surface area contributed by atoms with Crippen molar-refractivity contribution in [2.24, 2.45) is 23.7 Å². The minimum atomic E-state index is -1.27. The number of carbonyl (C=O) groups is 3. The van der Waals surface area contributed by atoms with E-state index in [0.29, 0.717) is 24.8 Å². The van der Waals surface area contributed by atoms with Crippen LogP contribution in [0.25, 0.3) is 11.0 Å². The molecule has 11 nitrogen and oxygen atoms in total. The van der Waals surface area contributed by atoms with Crippen molar-refractivity contribution in [3.05, 3.63) is 49.6 Å². The van der Waals surface area contributed by atoms with Crippen LogP contribution < -0.4 is 0 Å². The number of hydrogen-bond donors (Lipinski definition) is 1. The normalized spacial score (nSPS) is 30.7. The number of fused-ring (bicyclic) bond motifs is 2. The molecule has 2 bridgehead atoms. The van der Waals surface area contributed by atoms with Gasteiger partial charge in [-0.05, 0) is 43.7 Å². The van der Waals surface area contributed by atoms with Crippen molar-refractivity contribution in [3.8, 4) is 0 Å². The minimum Gasteiger partial charge on any atom is -0.465 e. The number of likely N-dealkylation sites (tertiary alicyclic amines) is 1. The summed E-state index contributed by atoms with van der Waals surface area (Å²) in [5, 5.41) is 19.1. The number of esters is 1. The molecule has 11 heteroatoms. The fourth-order valence-corrected chi connectivity index (χ4v) is 7.55. The number of hydrogen-bond acceptors (Lipinski definition) is 8. The smallest absolute Gasteiger partial charge is 0.312 e. The molecule has 232 valence electrons. The quantitative estimate of drug-likeness (QED) is 0.213. The molecule has 1 N–H and O–H groups in total. The van der Waals surface area contributed by atoms with Gasteiger partial charge in [-0.3, -0.25) is 14.4 Å². The summed E-state index contributed by atoms with van der Waals surface area (Å²) in [5.41, 5.74) is -0.810. The standard InChI is InChI=1S/C32H43N5O6/c1-7-10-16-42-30(41)26-25-28(39)37(24(18-38)20(4)9-3)27(32(25)17-21(5)31(26,6)43-32)29(40)35(15-8-2)19-36-23-14-12-11-13-22(23)33-34-36/h7-8,11-14,20-21,24-27,38H,1-2,9-10,15-19H2,3-6H3/t20-,21?,24-,25-,26+,27?,31-,32?/m0/s1. The van der Waals surface area contributed by atoms with E-state index in [0.717, 1.165) is 5.52 Å². The molecule has 2 aromatic rings. The van der Waals surface area contributed by atoms with Crippen LogP contribution in [0, 0.1) is 23.7 Å². The van der Waals surface area contributed by atoms with E-state index in [4.69, 9.17) is 9.47 Å². The van der Waals surface area contributed by atoms with Crippen LogP contribution in [0.5, 0.6) is 0 Å². The lowest BCUT2D eigenvalue weighted by atomic mass is 9.62. The molecule has 3 saturated heterocycles. The summed E-state index contributed by atoms with van der Waals surface area (Å²) in [5.74, 6) is -3.28. The molecule has 0 aliphatic carbocycles. The van der Waals surface area contributed by atoms with E-state index in [2.05, 4.69) is 23.5 Å². The molecule has 5 rings (SSSR count). The summed E-state index contributed by atoms with van der Waals surface area (Å²) < 4.78 is 14.1. The first-order valence-electron chi connectivity index (χ1n) is 15.2. The number of aromatic nitrogens is 3. The number of aliphatic hydroxyl groups is 1. The summed E-state index contributed by atoms with van der Waals surface area (Å²) >= 11 is 0. The highest BCUT2D eigenvalue weighted by Gasteiger charge is 2.81. The molecular formula is C32H43N5O6. The summed E-state index contributed by atoms with van der Waals surface area (Å²) in [6, 6.07) is 5.76. The van der Waals surface area contributed by atoms with E-state index in [1.807, 2.05) is 52.0 Å². The Hall–Kier alpha value is -3.57. The van der Waals surface area contributed by atoms with Gasteiger partial charge in [-0.1, -0.05) is 56.7 Å². The average molecular weight is 594 g/mol. The second-order valence-corrected chi connectivity index (χ2v) is 12.4. The summed E-state index contributed by atoms with van der Waals surface area (Å²) in [6.45, 7) is 15.4. The molecule has 8 atom stereocenters. The second kappa shape index (κ2) is 11.8. The molecule has 0 radical (unpaired) electrons. The van der Waals surface area contributed by atoms with Crippen molar-refractivity contribution in [1.82, 2.24) is 24.8 Å². The maximum Gasteiger partial charge on any atom is 0.312 e. The van der Waals surface area contributed by atoms with Crippen LogP contribution in [-0.2, 0) is 30.5 Å². The maximum absolute atomic E-state index is 14.8. The number of carbonyl (C=O) groups excluding carboxylic acids is 3. The van der Waals surface area contributed by atoms with Crippen molar-refractivity contribution in [2.45, 2.75) is 76.9 Å². The van der Waals surface area contributed by atoms with E-state index < -0.39 is 41.1 Å². The van der Waals surface area contributed by atoms with E-state index in [1.54, 1.807) is 21.7 Å². The van der Waals surface area contributed by atoms with Gasteiger partial charge in [0.25, 0.3) is 0 Å². The highest BCUT2D eigenvalue weighted by atomic mass is 16.6. The van der Waals surface area contributed by atoms with Gasteiger partial charge < -0.3 is 24.4 Å². The van der Waals surface area contributed by atoms with Gasteiger partial charge >= 0.3 is 5.97 Å². The zero-order chi connectivity index (χ0) is 31.1. The van der Waals surface area contributed by atoms with Crippen molar-refractivity contribution < 1.29 is 29.0 Å². The zero-order valence-corrected chi connectivity index (χ0v) is 25.5. The largest absolute Gasteiger partial charge is 0.465 e. The Morgan fingerprint density at radius 2 is 2.05 bits per heavy atom. The van der Waals surface area contributed by atoms with Crippen molar-refractivity contribution in [2.75, 3.05) is 19.8 Å². The molecule has 1 spiro atoms. The molecule has 0 saturated carbocycles. The Labute approximate surface area is 252 Å². The molecule has 43 heavy (non-hydrogen) atoms. The van der Waals surface area contributed by atoms with Crippen LogP contribution in [0.4, 0.5) is 0 Å². The fourth-order valence-electron chi connectivity index (χ4n) is 7.55. The van der Waals surface area contributed by atoms with Crippen molar-refractivity contribution in [3.63, 3.8) is 0 Å². The Bertz CT molecular complexity index is 1410. The minimum absolute atomic E-state index is 0.0671. The third-order valence-electron chi connectivity index (χ3n) is 10.0. The van der Waals surface area contributed by atoms with E-state index in [-0.39, 0.29) is 50.1 Å². The SMILES string of the molecule is C=CCCOC(=O)[C@H]1[C@H]2C(=O)N([C@@H](CO)[C@@H](C)CC)C(C(=O)N(CC=C)Cn3nnc4ccccc43)C23CC(C)[C@]1(C)O3. The molecule has 1 aromatic carbocycles. The van der Waals surface area contributed by atoms with Gasteiger partial charge in [0.2, 0.25) is 11.8 Å². The zero-order valence-electron chi connectivity index (χ0n) is 25.5. The third-order valence-corrected chi connectivity index (χ3v) is 10.0. The van der Waals surface area contributed by atoms with Crippen LogP contribution in [-0.4, -0.2) is 90.7 Å². The highest BCUT2D eigenvalue weighted by molar-refractivity contribution is 5.99. The van der Waals surface area contributed by atoms with Crippen LogP contribution in [0.1, 0.15) is 47.0 Å².